The first-order valence-corrected chi connectivity index (χ1v) is 1.67. The molecule has 0 spiro atoms. The quantitative estimate of drug-likeness (QED) is 0.256. The van der Waals surface area contributed by atoms with Crippen molar-refractivity contribution in [1.29, 1.82) is 0 Å². The molecule has 0 amide bonds. The number of quaternary nitrogens is 2. The van der Waals surface area contributed by atoms with E-state index in [2.05, 4.69) is 0 Å². The minimum Gasteiger partial charge on any atom is -0.637 e. The van der Waals surface area contributed by atoms with Gasteiger partial charge in [-0.25, -0.2) is 0 Å². The van der Waals surface area contributed by atoms with Crippen LogP contribution in [0.5, 0.6) is 0 Å². The summed E-state index contributed by atoms with van der Waals surface area (Å²) in [5.74, 6) is 4.00. The third-order valence-corrected chi connectivity index (χ3v) is 0. The van der Waals surface area contributed by atoms with Crippen LogP contribution in [0.1, 0.15) is 0 Å². The maximum Gasteiger partial charge on any atom is 2.00 e. The molecule has 0 aromatic carbocycles. The smallest absolute Gasteiger partial charge is 0.637 e. The van der Waals surface area contributed by atoms with E-state index in [0.29, 0.717) is 0 Å². The molecule has 6 N–H and O–H groups in total. The molecule has 0 atom stereocenters. The summed E-state index contributed by atoms with van der Waals surface area (Å²) in [6, 6.07) is 0. The summed E-state index contributed by atoms with van der Waals surface area (Å²) in [7, 11) is 0. The van der Waals surface area contributed by atoms with E-state index >= 15 is 0 Å². The number of hydrogen-bond acceptors (Lipinski definition) is 8. The van der Waals surface area contributed by atoms with Crippen molar-refractivity contribution >= 4 is 45.5 Å². The van der Waals surface area contributed by atoms with E-state index in [1.165, 1.54) is 0 Å². The van der Waals surface area contributed by atoms with Gasteiger partial charge >= 0.3 is 45.5 Å². The van der Waals surface area contributed by atoms with Crippen molar-refractivity contribution in [3.8, 4) is 0 Å². The van der Waals surface area contributed by atoms with E-state index < -0.39 is 10.2 Å². The fourth-order valence-electron chi connectivity index (χ4n) is 0. The van der Waals surface area contributed by atoms with Gasteiger partial charge in [0.2, 0.25) is 0 Å². The van der Waals surface area contributed by atoms with Crippen LogP contribution in [0.3, 0.4) is 0 Å². The van der Waals surface area contributed by atoms with Crippen LogP contribution in [0.15, 0.2) is 0 Å². The molecular weight excluding hydrogens is 272 g/mol. The van der Waals surface area contributed by atoms with Crippen molar-refractivity contribution in [2.75, 3.05) is 0 Å². The second-order valence-corrected chi connectivity index (χ2v) is 0.447. The zero-order chi connectivity index (χ0) is 11.2. The Kier molecular flexibility index (Phi) is 92.8. The molecule has 0 aliphatic carbocycles. The van der Waals surface area contributed by atoms with Crippen molar-refractivity contribution in [2.45, 2.75) is 0 Å². The van der Waals surface area contributed by atoms with Gasteiger partial charge in [-0.2, -0.15) is 0 Å². The molecule has 0 fully saturated rings. The molecule has 0 aromatic heterocycles. The predicted octanol–water partition coefficient (Wildman–Crippen LogP) is -3.41. The second-order valence-electron chi connectivity index (χ2n) is 0.447. The Labute approximate surface area is 108 Å². The average Bonchev–Trinajstić information content (AvgIpc) is 1.93. The molecule has 0 aromatic rings. The summed E-state index contributed by atoms with van der Waals surface area (Å²) >= 11 is 0. The van der Waals surface area contributed by atoms with E-state index in [1.54, 1.807) is 0 Å². The number of hydrogen-bond donors (Lipinski definition) is 2. The summed E-state index contributed by atoms with van der Waals surface area (Å²) in [4.78, 5) is 16.5. The standard InChI is InChI=1S/2NO3.2H3NO.Sr/c2*2-1(3)4;2*1-2;/h;;2*1H3;/q2*-1;;;+2. The van der Waals surface area contributed by atoms with Crippen LogP contribution in [0, 0.1) is 41.1 Å². The third-order valence-electron chi connectivity index (χ3n) is 0. The van der Waals surface area contributed by atoms with Gasteiger partial charge in [0.1, 0.15) is 0 Å². The van der Waals surface area contributed by atoms with Crippen LogP contribution in [0.25, 0.3) is 0 Å². The molecule has 0 bridgehead atoms. The molecule has 12 nitrogen and oxygen atoms in total. The SMILES string of the molecule is O=[N+]([O-])[O-].O=[N+]([O-])[O-].[NH3+][O-].[NH3+][O-].[Sr+2]. The molecule has 0 rings (SSSR count). The molecule has 0 saturated heterocycles. The summed E-state index contributed by atoms with van der Waals surface area (Å²) in [5, 5.41) is 45.5. The summed E-state index contributed by atoms with van der Waals surface area (Å²) < 4.78 is 0. The molecule has 13 heteroatoms. The molecule has 0 radical (unpaired) electrons. The first-order valence-electron chi connectivity index (χ1n) is 1.67. The van der Waals surface area contributed by atoms with Crippen LogP contribution in [-0.4, -0.2) is 55.7 Å². The predicted molar refractivity (Wildman–Crippen MR) is 39.0 cm³/mol. The van der Waals surface area contributed by atoms with Gasteiger partial charge in [0.25, 0.3) is 0 Å². The molecule has 13 heavy (non-hydrogen) atoms. The zero-order valence-corrected chi connectivity index (χ0v) is 9.76. The van der Waals surface area contributed by atoms with E-state index in [1.807, 2.05) is 11.8 Å². The van der Waals surface area contributed by atoms with Gasteiger partial charge in [0, 0.05) is 0 Å². The summed E-state index contributed by atoms with van der Waals surface area (Å²) in [6.45, 7) is 0. The molecule has 0 saturated carbocycles. The van der Waals surface area contributed by atoms with E-state index in [9.17, 15) is 0 Å². The Morgan fingerprint density at radius 1 is 0.692 bits per heavy atom. The molecule has 76 valence electrons. The van der Waals surface area contributed by atoms with Crippen LogP contribution in [-0.2, 0) is 0 Å². The topological polar surface area (TPSA) is 234 Å². The normalized spacial score (nSPS) is 4.62. The van der Waals surface area contributed by atoms with Gasteiger partial charge in [-0.15, -0.1) is 0 Å². The van der Waals surface area contributed by atoms with E-state index in [-0.39, 0.29) is 45.5 Å². The summed E-state index contributed by atoms with van der Waals surface area (Å²) in [6.07, 6.45) is 0. The van der Waals surface area contributed by atoms with Gasteiger partial charge in [0.05, 0.1) is 10.2 Å². The van der Waals surface area contributed by atoms with Gasteiger partial charge in [-0.1, -0.05) is 0 Å². The molecule has 0 aliphatic heterocycles. The first-order chi connectivity index (χ1) is 5.46. The number of rotatable bonds is 0. The Morgan fingerprint density at radius 3 is 0.692 bits per heavy atom. The molecular formula is H6N4O8Sr. The van der Waals surface area contributed by atoms with Crippen LogP contribution in [0.4, 0.5) is 0 Å². The van der Waals surface area contributed by atoms with Gasteiger partial charge < -0.3 is 52.9 Å². The fourth-order valence-corrected chi connectivity index (χ4v) is 0. The van der Waals surface area contributed by atoms with E-state index in [4.69, 9.17) is 41.1 Å². The van der Waals surface area contributed by atoms with Gasteiger partial charge in [0.15, 0.2) is 0 Å². The monoisotopic (exact) mass is 278 g/mol. The van der Waals surface area contributed by atoms with Gasteiger partial charge in [-0.3, -0.25) is 0 Å². The minimum atomic E-state index is -1.75. The third kappa shape index (κ3) is 14200. The van der Waals surface area contributed by atoms with Crippen LogP contribution >= 0.6 is 0 Å². The zero-order valence-electron chi connectivity index (χ0n) is 6.28. The van der Waals surface area contributed by atoms with Gasteiger partial charge in [-0.05, 0) is 0 Å². The Morgan fingerprint density at radius 2 is 0.692 bits per heavy atom. The van der Waals surface area contributed by atoms with Crippen molar-refractivity contribution in [2.24, 2.45) is 0 Å². The van der Waals surface area contributed by atoms with Crippen molar-refractivity contribution < 1.29 is 22.0 Å². The first kappa shape index (κ1) is 29.3. The average molecular weight is 278 g/mol. The van der Waals surface area contributed by atoms with Crippen molar-refractivity contribution in [1.82, 2.24) is 0 Å². The molecule has 0 aliphatic rings. The van der Waals surface area contributed by atoms with Crippen molar-refractivity contribution in [3.05, 3.63) is 41.1 Å². The fraction of sp³-hybridized carbons (Fsp3) is 0. The molecule has 0 unspecified atom stereocenters. The van der Waals surface area contributed by atoms with Crippen LogP contribution in [0.2, 0.25) is 0 Å². The second kappa shape index (κ2) is 41.2. The maximum atomic E-state index is 8.25. The largest absolute Gasteiger partial charge is 2.00 e. The minimum absolute atomic E-state index is 0. The Balaban J connectivity index is -0.0000000226. The maximum absolute atomic E-state index is 8.25. The van der Waals surface area contributed by atoms with E-state index in [0.717, 1.165) is 0 Å². The van der Waals surface area contributed by atoms with Crippen LogP contribution < -0.4 is 11.8 Å². The van der Waals surface area contributed by atoms with Crippen molar-refractivity contribution in [3.63, 3.8) is 0 Å². The Hall–Kier alpha value is -0.279. The summed E-state index contributed by atoms with van der Waals surface area (Å²) in [5.41, 5.74) is 0. The molecule has 0 heterocycles. The number of nitrogens with zero attached hydrogens (tertiary/aromatic N) is 2. The Bertz CT molecular complexity index is 74.1.